The molecule has 0 aliphatic carbocycles. The minimum Gasteiger partial charge on any atom is -0.494 e. The Kier molecular flexibility index (Phi) is 6.51. The van der Waals surface area contributed by atoms with Crippen molar-refractivity contribution in [1.29, 1.82) is 0 Å². The van der Waals surface area contributed by atoms with Gasteiger partial charge >= 0.3 is 5.97 Å². The fourth-order valence-electron chi connectivity index (χ4n) is 2.15. The van der Waals surface area contributed by atoms with Crippen molar-refractivity contribution in [3.8, 4) is 5.75 Å². The van der Waals surface area contributed by atoms with Crippen molar-refractivity contribution in [1.82, 2.24) is 0 Å². The van der Waals surface area contributed by atoms with Gasteiger partial charge in [0.05, 0.1) is 13.0 Å². The van der Waals surface area contributed by atoms with Crippen molar-refractivity contribution in [2.75, 3.05) is 11.9 Å². The minimum atomic E-state index is -0.965. The van der Waals surface area contributed by atoms with Gasteiger partial charge in [-0.1, -0.05) is 12.1 Å². The summed E-state index contributed by atoms with van der Waals surface area (Å²) < 4.78 is 23.5. The van der Waals surface area contributed by atoms with Crippen LogP contribution in [0.4, 0.5) is 10.1 Å². The van der Waals surface area contributed by atoms with Crippen LogP contribution in [-0.2, 0) is 20.7 Å². The topological polar surface area (TPSA) is 64.6 Å². The largest absolute Gasteiger partial charge is 0.494 e. The molecule has 0 radical (unpaired) electrons. The van der Waals surface area contributed by atoms with Crippen molar-refractivity contribution < 1.29 is 23.5 Å². The van der Waals surface area contributed by atoms with Crippen molar-refractivity contribution in [3.05, 3.63) is 59.9 Å². The summed E-state index contributed by atoms with van der Waals surface area (Å²) in [6.07, 6.45) is -1.06. The Morgan fingerprint density at radius 2 is 1.88 bits per heavy atom. The number of rotatable bonds is 7. The molecule has 0 saturated carbocycles. The highest BCUT2D eigenvalue weighted by Crippen LogP contribution is 2.16. The Balaban J connectivity index is 1.85. The first-order chi connectivity index (χ1) is 12.0. The summed E-state index contributed by atoms with van der Waals surface area (Å²) in [6.45, 7) is 3.92. The zero-order valence-corrected chi connectivity index (χ0v) is 14.1. The van der Waals surface area contributed by atoms with E-state index in [-0.39, 0.29) is 6.42 Å². The smallest absolute Gasteiger partial charge is 0.311 e. The van der Waals surface area contributed by atoms with Crippen molar-refractivity contribution in [2.45, 2.75) is 26.4 Å². The highest BCUT2D eigenvalue weighted by Gasteiger charge is 2.18. The molecule has 0 unspecified atom stereocenters. The monoisotopic (exact) mass is 345 g/mol. The van der Waals surface area contributed by atoms with Gasteiger partial charge in [0.15, 0.2) is 6.10 Å². The summed E-state index contributed by atoms with van der Waals surface area (Å²) in [4.78, 5) is 24.0. The van der Waals surface area contributed by atoms with E-state index in [0.717, 1.165) is 0 Å². The second kappa shape index (κ2) is 8.82. The second-order valence-electron chi connectivity index (χ2n) is 5.39. The molecule has 1 amide bonds. The molecule has 1 N–H and O–H groups in total. The molecule has 6 heteroatoms. The normalized spacial score (nSPS) is 11.5. The van der Waals surface area contributed by atoms with Crippen LogP contribution < -0.4 is 10.1 Å². The van der Waals surface area contributed by atoms with Gasteiger partial charge in [0.1, 0.15) is 11.6 Å². The van der Waals surface area contributed by atoms with E-state index in [9.17, 15) is 14.0 Å². The standard InChI is InChI=1S/C19H20FNO4/c1-3-24-17-9-7-16(8-10-17)21-19(23)13(2)25-18(22)12-14-5-4-6-15(20)11-14/h4-11,13H,3,12H2,1-2H3,(H,21,23)/t13-/m1/s1. The second-order valence-corrected chi connectivity index (χ2v) is 5.39. The van der Waals surface area contributed by atoms with Crippen LogP contribution in [-0.4, -0.2) is 24.6 Å². The van der Waals surface area contributed by atoms with Gasteiger partial charge < -0.3 is 14.8 Å². The van der Waals surface area contributed by atoms with Gasteiger partial charge in [-0.2, -0.15) is 0 Å². The Morgan fingerprint density at radius 3 is 2.52 bits per heavy atom. The average Bonchev–Trinajstić information content (AvgIpc) is 2.56. The lowest BCUT2D eigenvalue weighted by Crippen LogP contribution is -2.30. The summed E-state index contributed by atoms with van der Waals surface area (Å²) in [5.74, 6) is -0.765. The molecule has 5 nitrogen and oxygen atoms in total. The molecular formula is C19H20FNO4. The van der Waals surface area contributed by atoms with Crippen LogP contribution in [0.5, 0.6) is 5.75 Å². The molecule has 2 aromatic carbocycles. The van der Waals surface area contributed by atoms with Crippen molar-refractivity contribution in [2.24, 2.45) is 0 Å². The van der Waals surface area contributed by atoms with Crippen molar-refractivity contribution in [3.63, 3.8) is 0 Å². The van der Waals surface area contributed by atoms with Gasteiger partial charge in [-0.25, -0.2) is 4.39 Å². The molecule has 0 spiro atoms. The Morgan fingerprint density at radius 1 is 1.16 bits per heavy atom. The summed E-state index contributed by atoms with van der Waals surface area (Å²) in [5, 5.41) is 2.66. The quantitative estimate of drug-likeness (QED) is 0.782. The molecule has 2 rings (SSSR count). The molecule has 0 fully saturated rings. The number of hydrogen-bond acceptors (Lipinski definition) is 4. The van der Waals surface area contributed by atoms with Crippen LogP contribution in [0.1, 0.15) is 19.4 Å². The first kappa shape index (κ1) is 18.4. The zero-order valence-electron chi connectivity index (χ0n) is 14.1. The first-order valence-electron chi connectivity index (χ1n) is 7.95. The molecule has 0 aliphatic heterocycles. The highest BCUT2D eigenvalue weighted by molar-refractivity contribution is 5.95. The summed E-state index contributed by atoms with van der Waals surface area (Å²) in [5.41, 5.74) is 1.06. The average molecular weight is 345 g/mol. The lowest BCUT2D eigenvalue weighted by molar-refractivity contribution is -0.152. The van der Waals surface area contributed by atoms with Crippen LogP contribution in [0.3, 0.4) is 0 Å². The molecule has 0 heterocycles. The Labute approximate surface area is 145 Å². The number of carbonyl (C=O) groups excluding carboxylic acids is 2. The first-order valence-corrected chi connectivity index (χ1v) is 7.95. The van der Waals surface area contributed by atoms with E-state index in [1.54, 1.807) is 30.3 Å². The molecule has 0 saturated heterocycles. The van der Waals surface area contributed by atoms with Crippen LogP contribution in [0.25, 0.3) is 0 Å². The third-order valence-corrected chi connectivity index (χ3v) is 3.35. The number of carbonyl (C=O) groups is 2. The number of anilines is 1. The number of benzene rings is 2. The third kappa shape index (κ3) is 5.91. The molecule has 0 bridgehead atoms. The summed E-state index contributed by atoms with van der Waals surface area (Å²) >= 11 is 0. The number of nitrogens with one attached hydrogen (secondary N) is 1. The summed E-state index contributed by atoms with van der Waals surface area (Å²) in [6, 6.07) is 12.6. The molecule has 0 aromatic heterocycles. The predicted molar refractivity (Wildman–Crippen MR) is 91.9 cm³/mol. The lowest BCUT2D eigenvalue weighted by Gasteiger charge is -2.14. The predicted octanol–water partition coefficient (Wildman–Crippen LogP) is 3.34. The zero-order chi connectivity index (χ0) is 18.2. The van der Waals surface area contributed by atoms with E-state index in [4.69, 9.17) is 9.47 Å². The molecule has 25 heavy (non-hydrogen) atoms. The summed E-state index contributed by atoms with van der Waals surface area (Å²) in [7, 11) is 0. The van der Waals surface area contributed by atoms with E-state index >= 15 is 0 Å². The minimum absolute atomic E-state index is 0.0988. The SMILES string of the molecule is CCOc1ccc(NC(=O)[C@@H](C)OC(=O)Cc2cccc(F)c2)cc1. The highest BCUT2D eigenvalue weighted by atomic mass is 19.1. The number of ether oxygens (including phenoxy) is 2. The number of halogens is 1. The molecule has 2 aromatic rings. The number of hydrogen-bond donors (Lipinski definition) is 1. The maximum Gasteiger partial charge on any atom is 0.311 e. The molecule has 0 aliphatic rings. The van der Waals surface area contributed by atoms with Crippen molar-refractivity contribution >= 4 is 17.6 Å². The number of esters is 1. The lowest BCUT2D eigenvalue weighted by atomic mass is 10.1. The van der Waals surface area contributed by atoms with Gasteiger partial charge in [0, 0.05) is 5.69 Å². The van der Waals surface area contributed by atoms with Gasteiger partial charge in [-0.3, -0.25) is 9.59 Å². The Bertz CT molecular complexity index is 730. The molecule has 1 atom stereocenters. The van der Waals surface area contributed by atoms with Gasteiger partial charge in [0.2, 0.25) is 0 Å². The van der Waals surface area contributed by atoms with E-state index in [0.29, 0.717) is 23.6 Å². The third-order valence-electron chi connectivity index (χ3n) is 3.35. The van der Waals surface area contributed by atoms with E-state index < -0.39 is 23.8 Å². The van der Waals surface area contributed by atoms with Crippen LogP contribution in [0.15, 0.2) is 48.5 Å². The fourth-order valence-corrected chi connectivity index (χ4v) is 2.15. The maximum atomic E-state index is 13.1. The van der Waals surface area contributed by atoms with E-state index in [1.807, 2.05) is 6.92 Å². The van der Waals surface area contributed by atoms with Gasteiger partial charge in [0.25, 0.3) is 5.91 Å². The van der Waals surface area contributed by atoms with Gasteiger partial charge in [-0.05, 0) is 55.8 Å². The number of amides is 1. The molecular weight excluding hydrogens is 325 g/mol. The van der Waals surface area contributed by atoms with Gasteiger partial charge in [-0.15, -0.1) is 0 Å². The van der Waals surface area contributed by atoms with Crippen LogP contribution in [0.2, 0.25) is 0 Å². The van der Waals surface area contributed by atoms with E-state index in [1.165, 1.54) is 25.1 Å². The Hall–Kier alpha value is -2.89. The van der Waals surface area contributed by atoms with Crippen LogP contribution >= 0.6 is 0 Å². The van der Waals surface area contributed by atoms with E-state index in [2.05, 4.69) is 5.32 Å². The van der Waals surface area contributed by atoms with Crippen LogP contribution in [0, 0.1) is 5.82 Å². The maximum absolute atomic E-state index is 13.1. The molecule has 132 valence electrons. The fraction of sp³-hybridized carbons (Fsp3) is 0.263.